The third kappa shape index (κ3) is 6.50. The monoisotopic (exact) mass is 621 g/mol. The number of likely N-dealkylation sites (tertiary alicyclic amines) is 2. The van der Waals surface area contributed by atoms with E-state index >= 15 is 0 Å². The van der Waals surface area contributed by atoms with Crippen molar-refractivity contribution in [3.05, 3.63) is 35.2 Å². The first-order chi connectivity index (χ1) is 21.1. The van der Waals surface area contributed by atoms with Crippen molar-refractivity contribution < 1.29 is 17.9 Å². The Bertz CT molecular complexity index is 1560. The maximum Gasteiger partial charge on any atom is 0.298 e. The molecule has 1 N–H and O–H groups in total. The number of piperidine rings is 1. The van der Waals surface area contributed by atoms with Crippen LogP contribution in [0.15, 0.2) is 18.5 Å². The second-order valence-corrected chi connectivity index (χ2v) is 15.0. The molecule has 236 valence electrons. The van der Waals surface area contributed by atoms with Gasteiger partial charge in [0.1, 0.15) is 29.8 Å². The van der Waals surface area contributed by atoms with Gasteiger partial charge in [-0.1, -0.05) is 12.0 Å². The number of ether oxygens (including phenoxy) is 1. The lowest BCUT2D eigenvalue weighted by molar-refractivity contribution is -0.132. The van der Waals surface area contributed by atoms with Gasteiger partial charge in [0.25, 0.3) is 5.91 Å². The number of amides is 1. The summed E-state index contributed by atoms with van der Waals surface area (Å²) in [5, 5.41) is 3.55. The van der Waals surface area contributed by atoms with E-state index in [2.05, 4.69) is 56.0 Å². The molecule has 5 heterocycles. The van der Waals surface area contributed by atoms with E-state index in [0.29, 0.717) is 37.3 Å². The number of carbonyl (C=O) groups excluding carboxylic acids is 1. The number of nitrogens with one attached hydrogen (secondary N) is 1. The average molecular weight is 622 g/mol. The number of benzene rings is 1. The summed E-state index contributed by atoms with van der Waals surface area (Å²) in [4.78, 5) is 30.0. The molecular weight excluding hydrogens is 578 g/mol. The molecule has 3 saturated heterocycles. The van der Waals surface area contributed by atoms with Gasteiger partial charge in [0.05, 0.1) is 22.8 Å². The van der Waals surface area contributed by atoms with E-state index in [0.717, 1.165) is 73.9 Å². The summed E-state index contributed by atoms with van der Waals surface area (Å²) in [5.74, 6) is 8.68. The molecule has 0 radical (unpaired) electrons. The minimum absolute atomic E-state index is 0.0535. The Labute approximate surface area is 260 Å². The van der Waals surface area contributed by atoms with Crippen molar-refractivity contribution in [2.45, 2.75) is 51.2 Å². The van der Waals surface area contributed by atoms with Crippen LogP contribution in [-0.4, -0.2) is 116 Å². The zero-order valence-electron chi connectivity index (χ0n) is 26.2. The van der Waals surface area contributed by atoms with Crippen LogP contribution in [0.1, 0.15) is 54.9 Å². The van der Waals surface area contributed by atoms with Crippen molar-refractivity contribution in [3.8, 4) is 17.6 Å². The van der Waals surface area contributed by atoms with Crippen molar-refractivity contribution in [3.63, 3.8) is 0 Å². The molecule has 1 aromatic heterocycles. The highest BCUT2D eigenvalue weighted by Crippen LogP contribution is 2.45. The molecular formula is C32H43N7O4S. The van der Waals surface area contributed by atoms with E-state index < -0.39 is 9.84 Å². The van der Waals surface area contributed by atoms with Crippen LogP contribution in [-0.2, 0) is 14.6 Å². The van der Waals surface area contributed by atoms with Crippen LogP contribution in [0.5, 0.6) is 5.75 Å². The van der Waals surface area contributed by atoms with Crippen LogP contribution in [0.2, 0.25) is 0 Å². The predicted molar refractivity (Wildman–Crippen MR) is 171 cm³/mol. The SMILES string of the molecule is Cc1cc(C2CCN(C3CN(C(=O)C#CCCN(C)C)C3)CC2)cc2c1O[C@H](C)c1c(ncnc1N1CCS(=O)(=O)CC1)N2. The summed E-state index contributed by atoms with van der Waals surface area (Å²) in [6, 6.07) is 4.88. The van der Waals surface area contributed by atoms with E-state index in [4.69, 9.17) is 4.74 Å². The van der Waals surface area contributed by atoms with E-state index in [1.165, 1.54) is 5.56 Å². The fourth-order valence-corrected chi connectivity index (χ4v) is 7.83. The lowest BCUT2D eigenvalue weighted by Crippen LogP contribution is -2.61. The second-order valence-electron chi connectivity index (χ2n) is 12.7. The standard InChI is InChI=1S/C32H43N7O4S/c1-22-17-25(24-8-11-37(12-9-24)26-19-39(20-26)28(40)7-5-6-10-36(3)4)18-27-30(22)43-23(2)29-31(35-27)33-21-34-32(29)38-13-15-44(41,42)16-14-38/h17-18,21,23-24,26H,6,8-16,19-20H2,1-4H3,(H,33,34,35)/t23-/m1/s1. The normalized spacial score (nSPS) is 22.1. The highest BCUT2D eigenvalue weighted by atomic mass is 32.2. The van der Waals surface area contributed by atoms with E-state index in [9.17, 15) is 13.2 Å². The summed E-state index contributed by atoms with van der Waals surface area (Å²) in [7, 11) is 1.01. The average Bonchev–Trinajstić information content (AvgIpc) is 3.11. The summed E-state index contributed by atoms with van der Waals surface area (Å²) in [5.41, 5.74) is 4.12. The van der Waals surface area contributed by atoms with Gasteiger partial charge in [0.15, 0.2) is 9.84 Å². The lowest BCUT2D eigenvalue weighted by Gasteiger charge is -2.47. The van der Waals surface area contributed by atoms with Crippen molar-refractivity contribution in [2.24, 2.45) is 0 Å². The molecule has 4 aliphatic heterocycles. The summed E-state index contributed by atoms with van der Waals surface area (Å²) >= 11 is 0. The Hall–Kier alpha value is -3.40. The van der Waals surface area contributed by atoms with Gasteiger partial charge < -0.3 is 24.8 Å². The second kappa shape index (κ2) is 12.5. The molecule has 1 aromatic carbocycles. The Morgan fingerprint density at radius 2 is 1.84 bits per heavy atom. The van der Waals surface area contributed by atoms with Gasteiger partial charge in [-0.2, -0.15) is 0 Å². The van der Waals surface area contributed by atoms with Crippen molar-refractivity contribution in [2.75, 3.05) is 81.6 Å². The largest absolute Gasteiger partial charge is 0.483 e. The fourth-order valence-electron chi connectivity index (χ4n) is 6.63. The first-order valence-electron chi connectivity index (χ1n) is 15.6. The van der Waals surface area contributed by atoms with Gasteiger partial charge in [-0.25, -0.2) is 18.4 Å². The molecule has 1 amide bonds. The van der Waals surface area contributed by atoms with Gasteiger partial charge in [0, 0.05) is 45.2 Å². The van der Waals surface area contributed by atoms with Gasteiger partial charge in [-0.05, 0) is 82.9 Å². The molecule has 44 heavy (non-hydrogen) atoms. The van der Waals surface area contributed by atoms with Crippen molar-refractivity contribution in [1.29, 1.82) is 0 Å². The number of fused-ring (bicyclic) bond motifs is 2. The number of carbonyl (C=O) groups is 1. The number of hydrogen-bond donors (Lipinski definition) is 1. The molecule has 4 aliphatic rings. The quantitative estimate of drug-likeness (QED) is 0.500. The van der Waals surface area contributed by atoms with Gasteiger partial charge in [0.2, 0.25) is 0 Å². The van der Waals surface area contributed by atoms with Crippen LogP contribution >= 0.6 is 0 Å². The summed E-state index contributed by atoms with van der Waals surface area (Å²) < 4.78 is 30.6. The molecule has 3 fully saturated rings. The predicted octanol–water partition coefficient (Wildman–Crippen LogP) is 2.56. The maximum atomic E-state index is 12.4. The first-order valence-corrected chi connectivity index (χ1v) is 17.4. The van der Waals surface area contributed by atoms with E-state index in [-0.39, 0.29) is 23.5 Å². The number of aromatic nitrogens is 2. The Kier molecular flexibility index (Phi) is 8.72. The Morgan fingerprint density at radius 1 is 1.11 bits per heavy atom. The molecule has 0 unspecified atom stereocenters. The minimum atomic E-state index is -3.01. The van der Waals surface area contributed by atoms with Crippen molar-refractivity contribution >= 4 is 33.1 Å². The van der Waals surface area contributed by atoms with Crippen LogP contribution in [0, 0.1) is 18.8 Å². The number of anilines is 3. The minimum Gasteiger partial charge on any atom is -0.483 e. The third-order valence-electron chi connectivity index (χ3n) is 9.30. The summed E-state index contributed by atoms with van der Waals surface area (Å²) in [6.45, 7) is 9.32. The lowest BCUT2D eigenvalue weighted by atomic mass is 9.87. The highest BCUT2D eigenvalue weighted by molar-refractivity contribution is 7.91. The molecule has 0 saturated carbocycles. The van der Waals surface area contributed by atoms with Crippen molar-refractivity contribution in [1.82, 2.24) is 24.7 Å². The zero-order chi connectivity index (χ0) is 31.0. The molecule has 0 spiro atoms. The Morgan fingerprint density at radius 3 is 2.55 bits per heavy atom. The van der Waals surface area contributed by atoms with Crippen LogP contribution in [0.25, 0.3) is 0 Å². The molecule has 12 heteroatoms. The van der Waals surface area contributed by atoms with E-state index in [1.807, 2.05) is 30.8 Å². The molecule has 6 rings (SSSR count). The van der Waals surface area contributed by atoms with Gasteiger partial charge >= 0.3 is 0 Å². The smallest absolute Gasteiger partial charge is 0.298 e. The summed E-state index contributed by atoms with van der Waals surface area (Å²) in [6.07, 6.45) is 4.07. The molecule has 0 aliphatic carbocycles. The van der Waals surface area contributed by atoms with Crippen LogP contribution in [0.3, 0.4) is 0 Å². The number of nitrogens with zero attached hydrogens (tertiary/aromatic N) is 6. The maximum absolute atomic E-state index is 12.4. The van der Waals surface area contributed by atoms with E-state index in [1.54, 1.807) is 6.33 Å². The number of aryl methyl sites for hydroxylation is 1. The van der Waals surface area contributed by atoms with Gasteiger partial charge in [-0.15, -0.1) is 0 Å². The number of hydrogen-bond acceptors (Lipinski definition) is 10. The fraction of sp³-hybridized carbons (Fsp3) is 0.594. The number of sulfone groups is 1. The zero-order valence-corrected chi connectivity index (χ0v) is 27.0. The molecule has 0 bridgehead atoms. The van der Waals surface area contributed by atoms with Crippen LogP contribution < -0.4 is 15.0 Å². The van der Waals surface area contributed by atoms with Crippen LogP contribution in [0.4, 0.5) is 17.3 Å². The first kappa shape index (κ1) is 30.6. The molecule has 1 atom stereocenters. The molecule has 11 nitrogen and oxygen atoms in total. The number of rotatable bonds is 5. The topological polar surface area (TPSA) is 111 Å². The van der Waals surface area contributed by atoms with Gasteiger partial charge in [-0.3, -0.25) is 9.69 Å². The third-order valence-corrected chi connectivity index (χ3v) is 10.9. The molecule has 2 aromatic rings. The highest BCUT2D eigenvalue weighted by Gasteiger charge is 2.37. The Balaban J connectivity index is 1.09.